The second-order valence-corrected chi connectivity index (χ2v) is 4.18. The van der Waals surface area contributed by atoms with Crippen LogP contribution < -0.4 is 5.73 Å². The molecule has 4 nitrogen and oxygen atoms in total. The van der Waals surface area contributed by atoms with Gasteiger partial charge in [0.05, 0.1) is 16.1 Å². The predicted octanol–water partition coefficient (Wildman–Crippen LogP) is 3.00. The summed E-state index contributed by atoms with van der Waals surface area (Å²) in [5.41, 5.74) is 7.13. The summed E-state index contributed by atoms with van der Waals surface area (Å²) in [5, 5.41) is 0.292. The Bertz CT molecular complexity index is 718. The number of hydrogen-bond acceptors (Lipinski definition) is 3. The molecule has 3 N–H and O–H groups in total. The van der Waals surface area contributed by atoms with Crippen LogP contribution in [0, 0.1) is 5.82 Å². The van der Waals surface area contributed by atoms with Crippen LogP contribution in [0.3, 0.4) is 0 Å². The highest BCUT2D eigenvalue weighted by Crippen LogP contribution is 2.30. The van der Waals surface area contributed by atoms with Crippen molar-refractivity contribution in [2.45, 2.75) is 0 Å². The van der Waals surface area contributed by atoms with E-state index in [1.807, 2.05) is 0 Å². The number of aromatic nitrogens is 3. The third-order valence-corrected chi connectivity index (χ3v) is 2.94. The molecule has 0 unspecified atom stereocenters. The fourth-order valence-corrected chi connectivity index (χ4v) is 2.05. The van der Waals surface area contributed by atoms with Gasteiger partial charge in [-0.05, 0) is 18.2 Å². The Morgan fingerprint density at radius 2 is 2.11 bits per heavy atom. The van der Waals surface area contributed by atoms with Crippen LogP contribution in [0.15, 0.2) is 30.5 Å². The molecule has 3 rings (SSSR count). The van der Waals surface area contributed by atoms with Crippen LogP contribution in [0.1, 0.15) is 0 Å². The number of fused-ring (bicyclic) bond motifs is 1. The zero-order valence-electron chi connectivity index (χ0n) is 9.11. The molecule has 1 aromatic carbocycles. The van der Waals surface area contributed by atoms with Crippen LogP contribution in [-0.4, -0.2) is 15.0 Å². The first-order chi connectivity index (χ1) is 8.66. The van der Waals surface area contributed by atoms with Crippen LogP contribution >= 0.6 is 11.6 Å². The molecule has 0 aliphatic heterocycles. The smallest absolute Gasteiger partial charge is 0.151 e. The number of H-pyrrole nitrogens is 1. The summed E-state index contributed by atoms with van der Waals surface area (Å²) in [6, 6.07) is 6.20. The largest absolute Gasteiger partial charge is 0.382 e. The lowest BCUT2D eigenvalue weighted by Gasteiger charge is -2.01. The first-order valence-corrected chi connectivity index (χ1v) is 5.59. The summed E-state index contributed by atoms with van der Waals surface area (Å²) in [6.07, 6.45) is 1.56. The molecule has 2 aromatic heterocycles. The van der Waals surface area contributed by atoms with E-state index in [2.05, 4.69) is 15.0 Å². The van der Waals surface area contributed by atoms with Crippen LogP contribution in [0.5, 0.6) is 0 Å². The van der Waals surface area contributed by atoms with Crippen molar-refractivity contribution in [3.63, 3.8) is 0 Å². The van der Waals surface area contributed by atoms with Gasteiger partial charge < -0.3 is 10.7 Å². The Hall–Kier alpha value is -2.14. The summed E-state index contributed by atoms with van der Waals surface area (Å²) in [4.78, 5) is 11.1. The molecule has 0 aliphatic carbocycles. The first kappa shape index (κ1) is 11.0. The van der Waals surface area contributed by atoms with E-state index in [0.29, 0.717) is 27.7 Å². The number of aromatic amines is 1. The van der Waals surface area contributed by atoms with Crippen LogP contribution in [-0.2, 0) is 0 Å². The minimum Gasteiger partial charge on any atom is -0.382 e. The van der Waals surface area contributed by atoms with E-state index in [-0.39, 0.29) is 5.56 Å². The van der Waals surface area contributed by atoms with Gasteiger partial charge in [-0.15, -0.1) is 0 Å². The van der Waals surface area contributed by atoms with E-state index in [9.17, 15) is 4.39 Å². The monoisotopic (exact) mass is 262 g/mol. The van der Waals surface area contributed by atoms with Gasteiger partial charge in [0.1, 0.15) is 17.2 Å². The van der Waals surface area contributed by atoms with Crippen LogP contribution in [0.4, 0.5) is 10.2 Å². The molecule has 3 aromatic rings. The van der Waals surface area contributed by atoms with Gasteiger partial charge >= 0.3 is 0 Å². The van der Waals surface area contributed by atoms with Gasteiger partial charge in [-0.3, -0.25) is 0 Å². The zero-order chi connectivity index (χ0) is 12.7. The normalized spacial score (nSPS) is 11.0. The third-order valence-electron chi connectivity index (χ3n) is 2.63. The van der Waals surface area contributed by atoms with E-state index < -0.39 is 5.82 Å². The number of halogens is 2. The number of nitrogens with zero attached hydrogens (tertiary/aromatic N) is 2. The fourth-order valence-electron chi connectivity index (χ4n) is 1.80. The molecule has 18 heavy (non-hydrogen) atoms. The number of imidazole rings is 1. The Kier molecular flexibility index (Phi) is 2.41. The quantitative estimate of drug-likeness (QED) is 0.708. The average molecular weight is 263 g/mol. The molecule has 0 radical (unpaired) electrons. The van der Waals surface area contributed by atoms with Gasteiger partial charge in [-0.2, -0.15) is 0 Å². The summed E-state index contributed by atoms with van der Waals surface area (Å²) in [5.74, 6) is 0.198. The maximum Gasteiger partial charge on any atom is 0.151 e. The molecule has 0 amide bonds. The van der Waals surface area contributed by atoms with Crippen molar-refractivity contribution in [2.75, 3.05) is 5.73 Å². The first-order valence-electron chi connectivity index (χ1n) is 5.21. The fraction of sp³-hybridized carbons (Fsp3) is 0. The van der Waals surface area contributed by atoms with Crippen LogP contribution in [0.2, 0.25) is 5.02 Å². The van der Waals surface area contributed by atoms with E-state index in [1.54, 1.807) is 24.4 Å². The van der Waals surface area contributed by atoms with E-state index in [0.717, 1.165) is 0 Å². The van der Waals surface area contributed by atoms with Crippen molar-refractivity contribution >= 4 is 28.5 Å². The number of nitrogen functional groups attached to an aromatic ring is 1. The Morgan fingerprint density at radius 1 is 1.28 bits per heavy atom. The highest BCUT2D eigenvalue weighted by molar-refractivity contribution is 6.33. The van der Waals surface area contributed by atoms with Gasteiger partial charge in [-0.25, -0.2) is 14.4 Å². The summed E-state index contributed by atoms with van der Waals surface area (Å²) < 4.78 is 13.8. The molecule has 6 heteroatoms. The molecule has 0 bridgehead atoms. The number of nitrogens with two attached hydrogens (primary N) is 1. The number of pyridine rings is 1. The second kappa shape index (κ2) is 3.96. The van der Waals surface area contributed by atoms with Gasteiger partial charge in [0.25, 0.3) is 0 Å². The molecule has 0 aliphatic rings. The average Bonchev–Trinajstić information content (AvgIpc) is 2.74. The van der Waals surface area contributed by atoms with Gasteiger partial charge in [0.15, 0.2) is 5.82 Å². The van der Waals surface area contributed by atoms with Crippen molar-refractivity contribution < 1.29 is 4.39 Å². The van der Waals surface area contributed by atoms with Crippen molar-refractivity contribution in [1.29, 1.82) is 0 Å². The SMILES string of the molecule is Nc1nccc2[nH]c(-c3c(F)cccc3Cl)nc12. The molecule has 0 atom stereocenters. The van der Waals surface area contributed by atoms with E-state index in [4.69, 9.17) is 17.3 Å². The van der Waals surface area contributed by atoms with Crippen molar-refractivity contribution in [1.82, 2.24) is 15.0 Å². The zero-order valence-corrected chi connectivity index (χ0v) is 9.87. The number of hydrogen-bond donors (Lipinski definition) is 2. The van der Waals surface area contributed by atoms with Crippen molar-refractivity contribution in [3.05, 3.63) is 41.3 Å². The molecule has 0 saturated heterocycles. The third kappa shape index (κ3) is 1.60. The van der Waals surface area contributed by atoms with Crippen molar-refractivity contribution in [3.8, 4) is 11.4 Å². The molecular formula is C12H8ClFN4. The summed E-state index contributed by atoms with van der Waals surface area (Å²) in [7, 11) is 0. The molecule has 0 spiro atoms. The molecule has 0 saturated carbocycles. The summed E-state index contributed by atoms with van der Waals surface area (Å²) >= 11 is 5.98. The lowest BCUT2D eigenvalue weighted by atomic mass is 10.2. The topological polar surface area (TPSA) is 67.6 Å². The molecule has 90 valence electrons. The minimum atomic E-state index is -0.437. The Morgan fingerprint density at radius 3 is 2.83 bits per heavy atom. The maximum atomic E-state index is 13.8. The Balaban J connectivity index is 2.30. The number of benzene rings is 1. The summed E-state index contributed by atoms with van der Waals surface area (Å²) in [6.45, 7) is 0. The van der Waals surface area contributed by atoms with E-state index in [1.165, 1.54) is 6.07 Å². The number of rotatable bonds is 1. The molecule has 0 fully saturated rings. The van der Waals surface area contributed by atoms with E-state index >= 15 is 0 Å². The molecule has 2 heterocycles. The van der Waals surface area contributed by atoms with Crippen LogP contribution in [0.25, 0.3) is 22.4 Å². The second-order valence-electron chi connectivity index (χ2n) is 3.77. The highest BCUT2D eigenvalue weighted by atomic mass is 35.5. The maximum absolute atomic E-state index is 13.8. The number of nitrogens with one attached hydrogen (secondary N) is 1. The van der Waals surface area contributed by atoms with Gasteiger partial charge in [0.2, 0.25) is 0 Å². The van der Waals surface area contributed by atoms with Crippen molar-refractivity contribution in [2.24, 2.45) is 0 Å². The van der Waals surface area contributed by atoms with Gasteiger partial charge in [-0.1, -0.05) is 17.7 Å². The Labute approximate surface area is 107 Å². The van der Waals surface area contributed by atoms with Gasteiger partial charge in [0, 0.05) is 6.20 Å². The lowest BCUT2D eigenvalue weighted by Crippen LogP contribution is -1.90. The molecular weight excluding hydrogens is 255 g/mol. The predicted molar refractivity (Wildman–Crippen MR) is 68.7 cm³/mol. The highest BCUT2D eigenvalue weighted by Gasteiger charge is 2.14. The standard InChI is InChI=1S/C12H8ClFN4/c13-6-2-1-3-7(14)9(6)12-17-8-4-5-16-11(15)10(8)18-12/h1-5H,(H2,15,16)(H,17,18). The number of anilines is 1. The lowest BCUT2D eigenvalue weighted by molar-refractivity contribution is 0.630. The minimum absolute atomic E-state index is 0.231.